The summed E-state index contributed by atoms with van der Waals surface area (Å²) in [5.74, 6) is 0. The third-order valence-corrected chi connectivity index (χ3v) is 5.84. The van der Waals surface area contributed by atoms with Crippen LogP contribution in [0, 0.1) is 12.3 Å². The lowest BCUT2D eigenvalue weighted by Gasteiger charge is -2.18. The van der Waals surface area contributed by atoms with Gasteiger partial charge in [-0.05, 0) is 30.9 Å². The first-order chi connectivity index (χ1) is 12.1. The van der Waals surface area contributed by atoms with Crippen LogP contribution in [0.3, 0.4) is 0 Å². The van der Waals surface area contributed by atoms with Gasteiger partial charge in [-0.3, -0.25) is 0 Å². The molecule has 26 heavy (non-hydrogen) atoms. The maximum Gasteiger partial charge on any atom is 0.241 e. The van der Waals surface area contributed by atoms with Crippen LogP contribution in [0.2, 0.25) is 0 Å². The standard InChI is InChI=1S/C22H37NO2S/c1-6-7-8-9-10-11-12-20(17-18-22(3,4)5)23-26(24,25)21-15-13-19(2)14-16-21/h13-18,20,23H,6-12H2,1-5H3/b18-17+. The molecule has 1 N–H and O–H groups in total. The number of sulfonamides is 1. The Bertz CT molecular complexity index is 640. The van der Waals surface area contributed by atoms with Gasteiger partial charge in [-0.15, -0.1) is 0 Å². The molecule has 148 valence electrons. The van der Waals surface area contributed by atoms with E-state index in [1.807, 2.05) is 25.1 Å². The molecule has 0 saturated heterocycles. The molecular weight excluding hydrogens is 342 g/mol. The molecule has 1 aromatic rings. The molecule has 0 bridgehead atoms. The number of rotatable bonds is 11. The van der Waals surface area contributed by atoms with E-state index in [9.17, 15) is 8.42 Å². The van der Waals surface area contributed by atoms with Gasteiger partial charge in [-0.25, -0.2) is 13.1 Å². The lowest BCUT2D eigenvalue weighted by atomic mass is 9.94. The van der Waals surface area contributed by atoms with E-state index in [2.05, 4.69) is 38.5 Å². The number of unbranched alkanes of at least 4 members (excludes halogenated alkanes) is 5. The fourth-order valence-corrected chi connectivity index (χ4v) is 3.95. The van der Waals surface area contributed by atoms with Crippen molar-refractivity contribution in [3.05, 3.63) is 42.0 Å². The number of nitrogens with one attached hydrogen (secondary N) is 1. The Balaban J connectivity index is 2.74. The second-order valence-electron chi connectivity index (χ2n) is 8.32. The molecule has 0 heterocycles. The molecule has 1 unspecified atom stereocenters. The minimum atomic E-state index is -3.50. The second-order valence-corrected chi connectivity index (χ2v) is 10.0. The molecule has 1 aromatic carbocycles. The van der Waals surface area contributed by atoms with Gasteiger partial charge in [0, 0.05) is 6.04 Å². The topological polar surface area (TPSA) is 46.2 Å². The zero-order valence-electron chi connectivity index (χ0n) is 17.2. The highest BCUT2D eigenvalue weighted by atomic mass is 32.2. The number of benzene rings is 1. The van der Waals surface area contributed by atoms with Crippen LogP contribution >= 0.6 is 0 Å². The first kappa shape index (κ1) is 22.9. The number of hydrogen-bond acceptors (Lipinski definition) is 2. The van der Waals surface area contributed by atoms with Gasteiger partial charge in [0.2, 0.25) is 10.0 Å². The van der Waals surface area contributed by atoms with E-state index >= 15 is 0 Å². The lowest BCUT2D eigenvalue weighted by molar-refractivity contribution is 0.517. The maximum absolute atomic E-state index is 12.7. The van der Waals surface area contributed by atoms with E-state index in [0.717, 1.165) is 24.8 Å². The Hall–Kier alpha value is -1.13. The summed E-state index contributed by atoms with van der Waals surface area (Å²) in [6.07, 6.45) is 12.2. The van der Waals surface area contributed by atoms with Gasteiger partial charge in [-0.2, -0.15) is 0 Å². The first-order valence-corrected chi connectivity index (χ1v) is 11.4. The fraction of sp³-hybridized carbons (Fsp3) is 0.636. The van der Waals surface area contributed by atoms with Gasteiger partial charge in [0.15, 0.2) is 0 Å². The van der Waals surface area contributed by atoms with Gasteiger partial charge >= 0.3 is 0 Å². The molecule has 0 aliphatic rings. The van der Waals surface area contributed by atoms with Crippen molar-refractivity contribution in [2.45, 2.75) is 90.5 Å². The molecular formula is C22H37NO2S. The van der Waals surface area contributed by atoms with Crippen molar-refractivity contribution in [1.82, 2.24) is 4.72 Å². The summed E-state index contributed by atoms with van der Waals surface area (Å²) in [6, 6.07) is 6.86. The first-order valence-electron chi connectivity index (χ1n) is 9.92. The van der Waals surface area contributed by atoms with Crippen LogP contribution in [-0.2, 0) is 10.0 Å². The molecule has 1 rings (SSSR count). The Kier molecular flexibility index (Phi) is 9.59. The second kappa shape index (κ2) is 10.9. The largest absolute Gasteiger partial charge is 0.241 e. The van der Waals surface area contributed by atoms with Gasteiger partial charge in [0.25, 0.3) is 0 Å². The molecule has 0 aliphatic heterocycles. The van der Waals surface area contributed by atoms with Crippen molar-refractivity contribution in [2.24, 2.45) is 5.41 Å². The summed E-state index contributed by atoms with van der Waals surface area (Å²) in [4.78, 5) is 0.334. The number of allylic oxidation sites excluding steroid dienone is 1. The average Bonchev–Trinajstić information content (AvgIpc) is 2.55. The van der Waals surface area contributed by atoms with Gasteiger partial charge < -0.3 is 0 Å². The Morgan fingerprint density at radius 3 is 2.15 bits per heavy atom. The number of aryl methyl sites for hydroxylation is 1. The van der Waals surface area contributed by atoms with Crippen molar-refractivity contribution in [3.8, 4) is 0 Å². The molecule has 0 aromatic heterocycles. The van der Waals surface area contributed by atoms with Crippen molar-refractivity contribution < 1.29 is 8.42 Å². The quantitative estimate of drug-likeness (QED) is 0.379. The number of hydrogen-bond donors (Lipinski definition) is 1. The maximum atomic E-state index is 12.7. The molecule has 0 spiro atoms. The molecule has 0 aliphatic carbocycles. The molecule has 0 radical (unpaired) electrons. The molecule has 0 saturated carbocycles. The summed E-state index contributed by atoms with van der Waals surface area (Å²) in [5.41, 5.74) is 1.09. The SMILES string of the molecule is CCCCCCCCC(/C=C/C(C)(C)C)NS(=O)(=O)c1ccc(C)cc1. The molecule has 0 fully saturated rings. The van der Waals surface area contributed by atoms with Gasteiger partial charge in [0.1, 0.15) is 0 Å². The normalized spacial score (nSPS) is 14.0. The average molecular weight is 380 g/mol. The Morgan fingerprint density at radius 1 is 1.00 bits per heavy atom. The van der Waals surface area contributed by atoms with Crippen molar-refractivity contribution in [3.63, 3.8) is 0 Å². The van der Waals surface area contributed by atoms with E-state index in [1.54, 1.807) is 12.1 Å². The van der Waals surface area contributed by atoms with Crippen LogP contribution in [0.5, 0.6) is 0 Å². The van der Waals surface area contributed by atoms with Crippen LogP contribution in [-0.4, -0.2) is 14.5 Å². The Labute approximate surface area is 161 Å². The summed E-state index contributed by atoms with van der Waals surface area (Å²) in [6.45, 7) is 10.5. The molecule has 4 heteroatoms. The van der Waals surface area contributed by atoms with Crippen LogP contribution in [0.4, 0.5) is 0 Å². The highest BCUT2D eigenvalue weighted by Crippen LogP contribution is 2.18. The van der Waals surface area contributed by atoms with E-state index in [-0.39, 0.29) is 11.5 Å². The Morgan fingerprint density at radius 2 is 1.58 bits per heavy atom. The minimum absolute atomic E-state index is 0.0364. The predicted octanol–water partition coefficient (Wildman–Crippen LogP) is 5.99. The van der Waals surface area contributed by atoms with E-state index in [4.69, 9.17) is 0 Å². The zero-order valence-corrected chi connectivity index (χ0v) is 18.0. The zero-order chi connectivity index (χ0) is 19.6. The molecule has 1 atom stereocenters. The third kappa shape index (κ3) is 9.54. The van der Waals surface area contributed by atoms with Crippen LogP contribution in [0.15, 0.2) is 41.3 Å². The highest BCUT2D eigenvalue weighted by Gasteiger charge is 2.19. The monoisotopic (exact) mass is 379 g/mol. The van der Waals surface area contributed by atoms with E-state index in [0.29, 0.717) is 4.90 Å². The van der Waals surface area contributed by atoms with Crippen molar-refractivity contribution in [2.75, 3.05) is 0 Å². The third-order valence-electron chi connectivity index (χ3n) is 4.34. The predicted molar refractivity (Wildman–Crippen MR) is 112 cm³/mol. The van der Waals surface area contributed by atoms with Crippen molar-refractivity contribution in [1.29, 1.82) is 0 Å². The van der Waals surface area contributed by atoms with Crippen LogP contribution < -0.4 is 4.72 Å². The van der Waals surface area contributed by atoms with E-state index in [1.165, 1.54) is 25.7 Å². The lowest BCUT2D eigenvalue weighted by Crippen LogP contribution is -2.33. The van der Waals surface area contributed by atoms with Crippen molar-refractivity contribution >= 4 is 10.0 Å². The summed E-state index contributed by atoms with van der Waals surface area (Å²) < 4.78 is 28.3. The minimum Gasteiger partial charge on any atom is -0.207 e. The molecule has 0 amide bonds. The van der Waals surface area contributed by atoms with Gasteiger partial charge in [0.05, 0.1) is 4.90 Å². The fourth-order valence-electron chi connectivity index (χ4n) is 2.73. The smallest absolute Gasteiger partial charge is 0.207 e. The summed E-state index contributed by atoms with van der Waals surface area (Å²) >= 11 is 0. The van der Waals surface area contributed by atoms with Gasteiger partial charge in [-0.1, -0.05) is 96.1 Å². The van der Waals surface area contributed by atoms with E-state index < -0.39 is 10.0 Å². The summed E-state index contributed by atoms with van der Waals surface area (Å²) in [7, 11) is -3.50. The van der Waals surface area contributed by atoms with Crippen LogP contribution in [0.25, 0.3) is 0 Å². The highest BCUT2D eigenvalue weighted by molar-refractivity contribution is 7.89. The summed E-state index contributed by atoms with van der Waals surface area (Å²) in [5, 5.41) is 0. The molecule has 3 nitrogen and oxygen atoms in total. The van der Waals surface area contributed by atoms with Crippen LogP contribution in [0.1, 0.15) is 78.2 Å².